The van der Waals surface area contributed by atoms with Crippen LogP contribution < -0.4 is 10.2 Å². The lowest BCUT2D eigenvalue weighted by atomic mass is 10.1. The summed E-state index contributed by atoms with van der Waals surface area (Å²) in [6.45, 7) is 0. The second-order valence-corrected chi connectivity index (χ2v) is 6.76. The Bertz CT molecular complexity index is 1030. The van der Waals surface area contributed by atoms with Gasteiger partial charge in [-0.15, -0.1) is 10.2 Å². The molecule has 0 aliphatic carbocycles. The van der Waals surface area contributed by atoms with Crippen molar-refractivity contribution in [1.82, 2.24) is 25.1 Å². The maximum Gasteiger partial charge on any atom is 0.205 e. The Hall–Kier alpha value is -3.00. The van der Waals surface area contributed by atoms with E-state index in [-0.39, 0.29) is 0 Å². The van der Waals surface area contributed by atoms with E-state index in [9.17, 15) is 0 Å². The first kappa shape index (κ1) is 15.5. The average molecular weight is 351 g/mol. The monoisotopic (exact) mass is 351 g/mol. The Morgan fingerprint density at radius 1 is 1.16 bits per heavy atom. The van der Waals surface area contributed by atoms with Crippen molar-refractivity contribution in [2.75, 3.05) is 31.4 Å². The number of nitrogens with one attached hydrogen (secondary N) is 2. The standard InChI is InChI=1S/C17H17N7S/c1-18-17-23-22-16(25-17)10-4-5-13-11(6-10)12(7-20-13)14-8-19-9-15(21-14)24(2)3/h4-9,20H,1-3H3,(H,18,23). The van der Waals surface area contributed by atoms with Gasteiger partial charge in [-0.05, 0) is 18.2 Å². The molecule has 0 atom stereocenters. The molecule has 0 saturated carbocycles. The molecule has 0 aliphatic heterocycles. The Morgan fingerprint density at radius 2 is 2.04 bits per heavy atom. The molecule has 7 nitrogen and oxygen atoms in total. The van der Waals surface area contributed by atoms with Crippen LogP contribution >= 0.6 is 11.3 Å². The summed E-state index contributed by atoms with van der Waals surface area (Å²) < 4.78 is 0. The Morgan fingerprint density at radius 3 is 2.80 bits per heavy atom. The summed E-state index contributed by atoms with van der Waals surface area (Å²) in [6, 6.07) is 6.22. The fourth-order valence-electron chi connectivity index (χ4n) is 2.61. The van der Waals surface area contributed by atoms with Crippen molar-refractivity contribution in [3.8, 4) is 21.8 Å². The number of nitrogens with zero attached hydrogens (tertiary/aromatic N) is 5. The van der Waals surface area contributed by atoms with Crippen molar-refractivity contribution in [3.63, 3.8) is 0 Å². The highest BCUT2D eigenvalue weighted by Gasteiger charge is 2.12. The molecule has 0 unspecified atom stereocenters. The van der Waals surface area contributed by atoms with Crippen LogP contribution in [0.15, 0.2) is 36.8 Å². The van der Waals surface area contributed by atoms with E-state index in [1.165, 1.54) is 11.3 Å². The summed E-state index contributed by atoms with van der Waals surface area (Å²) in [6.07, 6.45) is 5.51. The molecule has 0 fully saturated rings. The first-order chi connectivity index (χ1) is 12.2. The number of fused-ring (bicyclic) bond motifs is 1. The summed E-state index contributed by atoms with van der Waals surface area (Å²) in [5, 5.41) is 14.1. The highest BCUT2D eigenvalue weighted by Crippen LogP contribution is 2.33. The van der Waals surface area contributed by atoms with E-state index in [1.54, 1.807) is 12.4 Å². The van der Waals surface area contributed by atoms with Gasteiger partial charge in [-0.2, -0.15) is 0 Å². The summed E-state index contributed by atoms with van der Waals surface area (Å²) in [4.78, 5) is 14.3. The lowest BCUT2D eigenvalue weighted by Crippen LogP contribution is -2.11. The molecular weight excluding hydrogens is 334 g/mol. The van der Waals surface area contributed by atoms with Crippen molar-refractivity contribution in [2.45, 2.75) is 0 Å². The first-order valence-electron chi connectivity index (χ1n) is 7.78. The number of aromatic amines is 1. The van der Waals surface area contributed by atoms with Crippen LogP contribution in [-0.2, 0) is 0 Å². The van der Waals surface area contributed by atoms with E-state index in [2.05, 4.69) is 37.6 Å². The van der Waals surface area contributed by atoms with Gasteiger partial charge in [0.15, 0.2) is 0 Å². The molecule has 0 spiro atoms. The number of aromatic nitrogens is 5. The largest absolute Gasteiger partial charge is 0.363 e. The van der Waals surface area contributed by atoms with Gasteiger partial charge >= 0.3 is 0 Å². The van der Waals surface area contributed by atoms with Gasteiger partial charge in [-0.25, -0.2) is 4.98 Å². The number of anilines is 2. The highest BCUT2D eigenvalue weighted by molar-refractivity contribution is 7.18. The second-order valence-electron chi connectivity index (χ2n) is 5.78. The topological polar surface area (TPSA) is 82.6 Å². The van der Waals surface area contributed by atoms with E-state index >= 15 is 0 Å². The van der Waals surface area contributed by atoms with E-state index in [0.29, 0.717) is 0 Å². The Labute approximate surface area is 148 Å². The van der Waals surface area contributed by atoms with Crippen molar-refractivity contribution < 1.29 is 0 Å². The maximum absolute atomic E-state index is 4.69. The van der Waals surface area contributed by atoms with Gasteiger partial charge in [-0.3, -0.25) is 4.98 Å². The molecular formula is C17H17N7S. The van der Waals surface area contributed by atoms with Gasteiger partial charge in [0.05, 0.1) is 18.1 Å². The molecule has 0 radical (unpaired) electrons. The van der Waals surface area contributed by atoms with Crippen LogP contribution in [0.1, 0.15) is 0 Å². The summed E-state index contributed by atoms with van der Waals surface area (Å²) >= 11 is 1.53. The summed E-state index contributed by atoms with van der Waals surface area (Å²) in [7, 11) is 5.75. The predicted molar refractivity (Wildman–Crippen MR) is 102 cm³/mol. The average Bonchev–Trinajstić information content (AvgIpc) is 3.28. The van der Waals surface area contributed by atoms with Crippen LogP contribution in [0, 0.1) is 0 Å². The van der Waals surface area contributed by atoms with Gasteiger partial charge in [0.1, 0.15) is 10.8 Å². The minimum Gasteiger partial charge on any atom is -0.363 e. The number of hydrogen-bond acceptors (Lipinski definition) is 7. The zero-order valence-corrected chi connectivity index (χ0v) is 14.9. The third-order valence-electron chi connectivity index (χ3n) is 3.92. The predicted octanol–water partition coefficient (Wildman–Crippen LogP) is 3.25. The van der Waals surface area contributed by atoms with Crippen LogP contribution in [0.25, 0.3) is 32.7 Å². The molecule has 3 heterocycles. The zero-order chi connectivity index (χ0) is 17.4. The van der Waals surface area contributed by atoms with E-state index in [0.717, 1.165) is 43.7 Å². The lowest BCUT2D eigenvalue weighted by molar-refractivity contribution is 1.04. The number of hydrogen-bond donors (Lipinski definition) is 2. The van der Waals surface area contributed by atoms with Crippen LogP contribution in [0.3, 0.4) is 0 Å². The maximum atomic E-state index is 4.69. The molecule has 4 rings (SSSR count). The minimum absolute atomic E-state index is 0.800. The van der Waals surface area contributed by atoms with Gasteiger partial charge < -0.3 is 15.2 Å². The van der Waals surface area contributed by atoms with Gasteiger partial charge in [0, 0.05) is 49.4 Å². The fourth-order valence-corrected chi connectivity index (χ4v) is 3.30. The molecule has 8 heteroatoms. The number of H-pyrrole nitrogens is 1. The number of benzene rings is 1. The van der Waals surface area contributed by atoms with Gasteiger partial charge in [0.2, 0.25) is 5.13 Å². The van der Waals surface area contributed by atoms with E-state index < -0.39 is 0 Å². The fraction of sp³-hybridized carbons (Fsp3) is 0.176. The third-order valence-corrected chi connectivity index (χ3v) is 4.91. The first-order valence-corrected chi connectivity index (χ1v) is 8.60. The van der Waals surface area contributed by atoms with Crippen LogP contribution in [0.4, 0.5) is 10.9 Å². The molecule has 0 bridgehead atoms. The van der Waals surface area contributed by atoms with E-state index in [1.807, 2.05) is 38.3 Å². The van der Waals surface area contributed by atoms with Crippen molar-refractivity contribution in [2.24, 2.45) is 0 Å². The minimum atomic E-state index is 0.800. The molecule has 25 heavy (non-hydrogen) atoms. The van der Waals surface area contributed by atoms with Gasteiger partial charge in [0.25, 0.3) is 0 Å². The molecule has 0 aliphatic rings. The normalized spacial score (nSPS) is 11.0. The molecule has 0 amide bonds. The van der Waals surface area contributed by atoms with Crippen molar-refractivity contribution in [1.29, 1.82) is 0 Å². The molecule has 0 saturated heterocycles. The van der Waals surface area contributed by atoms with E-state index in [4.69, 9.17) is 4.98 Å². The van der Waals surface area contributed by atoms with Crippen LogP contribution in [0.5, 0.6) is 0 Å². The molecule has 4 aromatic rings. The smallest absolute Gasteiger partial charge is 0.205 e. The highest BCUT2D eigenvalue weighted by atomic mass is 32.1. The van der Waals surface area contributed by atoms with Gasteiger partial charge in [-0.1, -0.05) is 11.3 Å². The van der Waals surface area contributed by atoms with Crippen molar-refractivity contribution >= 4 is 33.2 Å². The summed E-state index contributed by atoms with van der Waals surface area (Å²) in [5.74, 6) is 0.825. The van der Waals surface area contributed by atoms with Crippen LogP contribution in [0.2, 0.25) is 0 Å². The third kappa shape index (κ3) is 2.80. The lowest BCUT2D eigenvalue weighted by Gasteiger charge is -2.11. The molecule has 2 N–H and O–H groups in total. The molecule has 1 aromatic carbocycles. The Kier molecular flexibility index (Phi) is 3.81. The molecule has 126 valence electrons. The Balaban J connectivity index is 1.82. The quantitative estimate of drug-likeness (QED) is 0.587. The van der Waals surface area contributed by atoms with Crippen molar-refractivity contribution in [3.05, 3.63) is 36.8 Å². The SMILES string of the molecule is CNc1nnc(-c2ccc3[nH]cc(-c4cncc(N(C)C)n4)c3c2)s1. The molecule has 3 aromatic heterocycles. The van der Waals surface area contributed by atoms with Crippen LogP contribution in [-0.4, -0.2) is 46.3 Å². The summed E-state index contributed by atoms with van der Waals surface area (Å²) in [5.41, 5.74) is 3.94. The number of rotatable bonds is 4. The second kappa shape index (κ2) is 6.14. The zero-order valence-electron chi connectivity index (χ0n) is 14.1.